The molecule has 0 amide bonds. The third-order valence-electron chi connectivity index (χ3n) is 5.76. The summed E-state index contributed by atoms with van der Waals surface area (Å²) in [5.74, 6) is 4.62. The molecule has 2 aliphatic rings. The molecule has 11 heteroatoms. The van der Waals surface area contributed by atoms with Crippen molar-refractivity contribution < 1.29 is 33.2 Å². The van der Waals surface area contributed by atoms with Crippen LogP contribution in [0.2, 0.25) is 0 Å². The Balaban J connectivity index is 1.73. The van der Waals surface area contributed by atoms with Crippen LogP contribution in [0, 0.1) is 0 Å². The standard InChI is InChI=1S/C23H28F3N3O4S/c1-23(26)17(24)9-14(10-18(23)25)15(29-27)11-28-19-20(31)16(12-30)33-22(21(19)32)34-8-7-13-5-3-2-4-6-13/h2-6,9-11,16-17,19-22,30-32H,7-8,12,27H2,1H3/t16?,17?,19?,20-,21?,22+,23?/m0/s1. The molecule has 1 aromatic rings. The molecule has 5 unspecified atom stereocenters. The molecule has 1 aliphatic heterocycles. The van der Waals surface area contributed by atoms with Crippen molar-refractivity contribution >= 4 is 23.7 Å². The Kier molecular flexibility index (Phi) is 8.94. The minimum absolute atomic E-state index is 0.130. The number of alkyl halides is 2. The Morgan fingerprint density at radius 3 is 2.59 bits per heavy atom. The van der Waals surface area contributed by atoms with E-state index in [4.69, 9.17) is 10.6 Å². The highest BCUT2D eigenvalue weighted by Crippen LogP contribution is 2.35. The van der Waals surface area contributed by atoms with E-state index in [2.05, 4.69) is 10.1 Å². The van der Waals surface area contributed by atoms with Crippen molar-refractivity contribution in [1.29, 1.82) is 0 Å². The number of allylic oxidation sites excluding steroid dienone is 4. The predicted molar refractivity (Wildman–Crippen MR) is 126 cm³/mol. The van der Waals surface area contributed by atoms with Crippen LogP contribution < -0.4 is 5.84 Å². The van der Waals surface area contributed by atoms with Gasteiger partial charge in [-0.25, -0.2) is 13.2 Å². The van der Waals surface area contributed by atoms with Crippen LogP contribution in [-0.4, -0.2) is 81.2 Å². The van der Waals surface area contributed by atoms with Gasteiger partial charge in [-0.15, -0.1) is 11.8 Å². The van der Waals surface area contributed by atoms with Crippen LogP contribution in [0.4, 0.5) is 13.2 Å². The van der Waals surface area contributed by atoms with Crippen molar-refractivity contribution in [3.63, 3.8) is 0 Å². The predicted octanol–water partition coefficient (Wildman–Crippen LogP) is 2.02. The lowest BCUT2D eigenvalue weighted by molar-refractivity contribution is -0.159. The van der Waals surface area contributed by atoms with Gasteiger partial charge in [-0.05, 0) is 36.8 Å². The topological polar surface area (TPSA) is 121 Å². The fraction of sp³-hybridized carbons (Fsp3) is 0.478. The van der Waals surface area contributed by atoms with E-state index in [-0.39, 0.29) is 11.3 Å². The molecule has 0 bridgehead atoms. The number of thioether (sulfide) groups is 1. The molecule has 1 fully saturated rings. The van der Waals surface area contributed by atoms with Crippen LogP contribution >= 0.6 is 11.8 Å². The number of aryl methyl sites for hydroxylation is 1. The minimum Gasteiger partial charge on any atom is -0.394 e. The first kappa shape index (κ1) is 26.4. The van der Waals surface area contributed by atoms with Crippen molar-refractivity contribution in [3.05, 3.63) is 59.4 Å². The zero-order valence-corrected chi connectivity index (χ0v) is 19.3. The van der Waals surface area contributed by atoms with Crippen LogP contribution in [0.25, 0.3) is 0 Å². The molecule has 1 aliphatic carbocycles. The molecule has 0 aromatic heterocycles. The maximum Gasteiger partial charge on any atom is 0.193 e. The zero-order valence-electron chi connectivity index (χ0n) is 18.5. The van der Waals surface area contributed by atoms with Gasteiger partial charge in [0.2, 0.25) is 0 Å². The first-order valence-corrected chi connectivity index (χ1v) is 11.8. The summed E-state index contributed by atoms with van der Waals surface area (Å²) in [5.41, 5.74) is -2.79. The maximum atomic E-state index is 14.1. The fourth-order valence-corrected chi connectivity index (χ4v) is 4.75. The Labute approximate surface area is 199 Å². The highest BCUT2D eigenvalue weighted by molar-refractivity contribution is 7.99. The Bertz CT molecular complexity index is 958. The second kappa shape index (κ2) is 11.5. The number of hydrogen-bond acceptors (Lipinski definition) is 8. The largest absolute Gasteiger partial charge is 0.394 e. The van der Waals surface area contributed by atoms with Crippen molar-refractivity contribution in [2.75, 3.05) is 12.4 Å². The third-order valence-corrected chi connectivity index (χ3v) is 6.92. The molecule has 0 radical (unpaired) electrons. The molecular weight excluding hydrogens is 471 g/mol. The Morgan fingerprint density at radius 1 is 1.26 bits per heavy atom. The lowest BCUT2D eigenvalue weighted by Gasteiger charge is -2.40. The first-order chi connectivity index (χ1) is 16.2. The lowest BCUT2D eigenvalue weighted by atomic mass is 9.90. The summed E-state index contributed by atoms with van der Waals surface area (Å²) in [7, 11) is 0. The number of hydrazone groups is 1. The number of rotatable bonds is 8. The summed E-state index contributed by atoms with van der Waals surface area (Å²) in [6, 6.07) is 8.58. The van der Waals surface area contributed by atoms with E-state index in [9.17, 15) is 28.5 Å². The van der Waals surface area contributed by atoms with Gasteiger partial charge in [0.15, 0.2) is 11.8 Å². The molecule has 7 nitrogen and oxygen atoms in total. The average molecular weight is 500 g/mol. The Morgan fingerprint density at radius 2 is 1.97 bits per heavy atom. The molecule has 5 N–H and O–H groups in total. The Hall–Kier alpha value is -2.18. The van der Waals surface area contributed by atoms with Gasteiger partial charge in [0.05, 0.1) is 6.61 Å². The normalized spacial score (nSPS) is 34.7. The van der Waals surface area contributed by atoms with E-state index in [1.165, 1.54) is 11.8 Å². The lowest BCUT2D eigenvalue weighted by Crippen LogP contribution is -2.57. The number of aliphatic hydroxyl groups is 3. The first-order valence-electron chi connectivity index (χ1n) is 10.7. The van der Waals surface area contributed by atoms with Gasteiger partial charge in [0, 0.05) is 11.8 Å². The molecule has 1 saturated heterocycles. The maximum absolute atomic E-state index is 14.1. The van der Waals surface area contributed by atoms with Crippen molar-refractivity contribution in [3.8, 4) is 0 Å². The van der Waals surface area contributed by atoms with Crippen LogP contribution in [0.15, 0.2) is 64.0 Å². The number of nitrogens with two attached hydrogens (primary N) is 1. The molecular formula is C23H28F3N3O4S. The number of aliphatic imine (C=N–C) groups is 1. The summed E-state index contributed by atoms with van der Waals surface area (Å²) < 4.78 is 47.8. The van der Waals surface area contributed by atoms with Crippen molar-refractivity contribution in [2.45, 2.75) is 55.0 Å². The quantitative estimate of drug-likeness (QED) is 0.247. The second-order valence-corrected chi connectivity index (χ2v) is 9.39. The molecule has 1 aromatic carbocycles. The molecule has 3 rings (SSSR count). The van der Waals surface area contributed by atoms with Gasteiger partial charge in [-0.3, -0.25) is 4.99 Å². The fourth-order valence-electron chi connectivity index (χ4n) is 3.59. The van der Waals surface area contributed by atoms with Gasteiger partial charge in [-0.1, -0.05) is 30.3 Å². The van der Waals surface area contributed by atoms with E-state index >= 15 is 0 Å². The number of nitrogens with zero attached hydrogens (tertiary/aromatic N) is 2. The van der Waals surface area contributed by atoms with Gasteiger partial charge < -0.3 is 25.9 Å². The monoisotopic (exact) mass is 499 g/mol. The van der Waals surface area contributed by atoms with Gasteiger partial charge in [-0.2, -0.15) is 5.10 Å². The number of ether oxygens (including phenoxy) is 1. The summed E-state index contributed by atoms with van der Waals surface area (Å²) in [6.07, 6.45) is -2.54. The number of aliphatic hydroxyl groups excluding tert-OH is 3. The second-order valence-electron chi connectivity index (χ2n) is 8.19. The number of hydrogen-bond donors (Lipinski definition) is 4. The van der Waals surface area contributed by atoms with Gasteiger partial charge >= 0.3 is 0 Å². The van der Waals surface area contributed by atoms with Gasteiger partial charge in [0.25, 0.3) is 0 Å². The summed E-state index contributed by atoms with van der Waals surface area (Å²) in [5, 5.41) is 34.4. The van der Waals surface area contributed by atoms with E-state index in [1.807, 2.05) is 30.3 Å². The smallest absolute Gasteiger partial charge is 0.193 e. The highest BCUT2D eigenvalue weighted by atomic mass is 32.2. The average Bonchev–Trinajstić information content (AvgIpc) is 2.82. The SMILES string of the molecule is CC1(F)C(F)=CC(C(C=NC2C(O)[C@@H](SCCc3ccccc3)OC(CO)[C@@H]2O)=NN)=CC1F. The van der Waals surface area contributed by atoms with E-state index in [1.54, 1.807) is 0 Å². The van der Waals surface area contributed by atoms with Crippen molar-refractivity contribution in [2.24, 2.45) is 15.9 Å². The molecule has 0 saturated carbocycles. The highest BCUT2D eigenvalue weighted by Gasteiger charge is 2.45. The third kappa shape index (κ3) is 5.89. The molecule has 0 spiro atoms. The molecule has 186 valence electrons. The molecule has 7 atom stereocenters. The van der Waals surface area contributed by atoms with Gasteiger partial charge in [0.1, 0.15) is 41.3 Å². The summed E-state index contributed by atoms with van der Waals surface area (Å²) in [4.78, 5) is 4.14. The van der Waals surface area contributed by atoms with Crippen molar-refractivity contribution in [1.82, 2.24) is 0 Å². The van der Waals surface area contributed by atoms with E-state index in [0.717, 1.165) is 30.9 Å². The minimum atomic E-state index is -2.80. The van der Waals surface area contributed by atoms with Crippen LogP contribution in [0.5, 0.6) is 0 Å². The zero-order chi connectivity index (χ0) is 24.9. The van der Waals surface area contributed by atoms with Crippen LogP contribution in [-0.2, 0) is 11.2 Å². The number of benzene rings is 1. The molecule has 34 heavy (non-hydrogen) atoms. The summed E-state index contributed by atoms with van der Waals surface area (Å²) in [6.45, 7) is 0.273. The van der Waals surface area contributed by atoms with Crippen LogP contribution in [0.1, 0.15) is 12.5 Å². The van der Waals surface area contributed by atoms with E-state index in [0.29, 0.717) is 12.2 Å². The molecule has 1 heterocycles. The van der Waals surface area contributed by atoms with Crippen LogP contribution in [0.3, 0.4) is 0 Å². The summed E-state index contributed by atoms with van der Waals surface area (Å²) >= 11 is 1.31. The number of halogens is 3. The van der Waals surface area contributed by atoms with E-state index < -0.39 is 54.1 Å².